The smallest absolute Gasteiger partial charge is 0.131 e. The summed E-state index contributed by atoms with van der Waals surface area (Å²) in [7, 11) is 0. The molecule has 0 aliphatic rings. The van der Waals surface area contributed by atoms with Crippen LogP contribution in [0, 0.1) is 11.6 Å². The summed E-state index contributed by atoms with van der Waals surface area (Å²) in [4.78, 5) is 0. The van der Waals surface area contributed by atoms with E-state index in [1.807, 2.05) is 0 Å². The first-order valence-corrected chi connectivity index (χ1v) is 7.41. The van der Waals surface area contributed by atoms with Crippen molar-refractivity contribution in [3.05, 3.63) is 77.9 Å². The molecule has 0 heterocycles. The van der Waals surface area contributed by atoms with Crippen molar-refractivity contribution in [2.75, 3.05) is 6.61 Å². The van der Waals surface area contributed by atoms with Crippen LogP contribution >= 0.6 is 0 Å². The first-order chi connectivity index (χ1) is 11.5. The van der Waals surface area contributed by atoms with Gasteiger partial charge < -0.3 is 15.3 Å². The molecule has 0 amide bonds. The minimum absolute atomic E-state index is 0.118. The van der Waals surface area contributed by atoms with Gasteiger partial charge in [-0.1, -0.05) is 36.4 Å². The van der Waals surface area contributed by atoms with Crippen LogP contribution in [0.15, 0.2) is 60.7 Å². The van der Waals surface area contributed by atoms with Crippen molar-refractivity contribution in [2.24, 2.45) is 0 Å². The van der Waals surface area contributed by atoms with Crippen LogP contribution in [-0.4, -0.2) is 28.0 Å². The second-order valence-electron chi connectivity index (χ2n) is 5.28. The molecule has 0 saturated carbocycles. The van der Waals surface area contributed by atoms with Crippen molar-refractivity contribution < 1.29 is 24.1 Å². The molecule has 5 heteroatoms. The largest absolute Gasteiger partial charge is 0.507 e. The molecular weight excluding hydrogens is 314 g/mol. The highest BCUT2D eigenvalue weighted by Gasteiger charge is 2.04. The van der Waals surface area contributed by atoms with Gasteiger partial charge >= 0.3 is 0 Å². The molecule has 0 fully saturated rings. The molecule has 0 aromatic heterocycles. The minimum atomic E-state index is -0.799. The lowest BCUT2D eigenvalue weighted by Gasteiger charge is -2.06. The second-order valence-corrected chi connectivity index (χ2v) is 5.28. The Bertz CT molecular complexity index is 765. The Balaban J connectivity index is 0.000000174. The molecule has 126 valence electrons. The summed E-state index contributed by atoms with van der Waals surface area (Å²) in [5, 5.41) is 27.9. The molecule has 3 rings (SSSR count). The molecule has 3 aromatic rings. The molecule has 0 saturated heterocycles. The highest BCUT2D eigenvalue weighted by atomic mass is 19.1. The highest BCUT2D eigenvalue weighted by Crippen LogP contribution is 2.25. The molecule has 0 spiro atoms. The molecule has 0 bridgehead atoms. The maximum Gasteiger partial charge on any atom is 0.131 e. The van der Waals surface area contributed by atoms with Crippen molar-refractivity contribution in [3.63, 3.8) is 0 Å². The zero-order valence-corrected chi connectivity index (χ0v) is 12.9. The van der Waals surface area contributed by atoms with Crippen LogP contribution in [0.25, 0.3) is 10.8 Å². The van der Waals surface area contributed by atoms with Crippen molar-refractivity contribution >= 4 is 10.8 Å². The third kappa shape index (κ3) is 4.75. The first kappa shape index (κ1) is 17.8. The van der Waals surface area contributed by atoms with Gasteiger partial charge in [0.2, 0.25) is 0 Å². The maximum absolute atomic E-state index is 13.1. The quantitative estimate of drug-likeness (QED) is 0.689. The Kier molecular flexibility index (Phi) is 6.23. The number of benzene rings is 3. The Morgan fingerprint density at radius 1 is 0.875 bits per heavy atom. The molecule has 3 nitrogen and oxygen atoms in total. The summed E-state index contributed by atoms with van der Waals surface area (Å²) in [6, 6.07) is 15.4. The molecule has 0 aliphatic heterocycles. The van der Waals surface area contributed by atoms with E-state index in [9.17, 15) is 13.9 Å². The van der Waals surface area contributed by atoms with E-state index in [1.54, 1.807) is 36.4 Å². The third-order valence-electron chi connectivity index (χ3n) is 3.42. The zero-order valence-electron chi connectivity index (χ0n) is 12.9. The zero-order chi connectivity index (χ0) is 17.5. The standard InChI is InChI=1S/C10H7FO.C9H11FO2/c11-9-5-6-10(12)8-4-2-1-3-7(8)9;10-8-3-1-2-7(4-8)5-9(12)6-11/h1-6,12H;1-4,9,11-12H,5-6H2. The lowest BCUT2D eigenvalue weighted by atomic mass is 10.1. The average Bonchev–Trinajstić information content (AvgIpc) is 2.59. The summed E-state index contributed by atoms with van der Waals surface area (Å²) < 4.78 is 25.6. The van der Waals surface area contributed by atoms with Gasteiger partial charge in [0, 0.05) is 17.2 Å². The predicted molar refractivity (Wildman–Crippen MR) is 88.8 cm³/mol. The Morgan fingerprint density at radius 3 is 2.21 bits per heavy atom. The summed E-state index contributed by atoms with van der Waals surface area (Å²) >= 11 is 0. The number of hydrogen-bond acceptors (Lipinski definition) is 3. The first-order valence-electron chi connectivity index (χ1n) is 7.41. The normalized spacial score (nSPS) is 11.7. The van der Waals surface area contributed by atoms with Crippen LogP contribution in [0.3, 0.4) is 0 Å². The number of aromatic hydroxyl groups is 1. The van der Waals surface area contributed by atoms with E-state index in [4.69, 9.17) is 10.2 Å². The van der Waals surface area contributed by atoms with Gasteiger partial charge in [0.25, 0.3) is 0 Å². The summed E-state index contributed by atoms with van der Waals surface area (Å²) in [5.74, 6) is -0.506. The van der Waals surface area contributed by atoms with Crippen molar-refractivity contribution in [1.29, 1.82) is 0 Å². The highest BCUT2D eigenvalue weighted by molar-refractivity contribution is 5.88. The monoisotopic (exact) mass is 332 g/mol. The molecule has 1 unspecified atom stereocenters. The Morgan fingerprint density at radius 2 is 1.58 bits per heavy atom. The number of phenols is 1. The summed E-state index contributed by atoms with van der Waals surface area (Å²) in [6.07, 6.45) is -0.513. The van der Waals surface area contributed by atoms with Crippen LogP contribution in [0.2, 0.25) is 0 Å². The number of phenolic OH excluding ortho intramolecular Hbond substituents is 1. The van der Waals surface area contributed by atoms with E-state index in [0.717, 1.165) is 0 Å². The van der Waals surface area contributed by atoms with E-state index >= 15 is 0 Å². The van der Waals surface area contributed by atoms with Crippen LogP contribution in [0.1, 0.15) is 5.56 Å². The molecule has 3 aromatic carbocycles. The van der Waals surface area contributed by atoms with E-state index in [-0.39, 0.29) is 30.4 Å². The van der Waals surface area contributed by atoms with Crippen molar-refractivity contribution in [3.8, 4) is 5.75 Å². The molecular formula is C19H18F2O3. The van der Waals surface area contributed by atoms with Gasteiger partial charge in [-0.05, 0) is 29.8 Å². The van der Waals surface area contributed by atoms with Crippen LogP contribution in [0.4, 0.5) is 8.78 Å². The molecule has 24 heavy (non-hydrogen) atoms. The van der Waals surface area contributed by atoms with Gasteiger partial charge in [-0.3, -0.25) is 0 Å². The molecule has 0 aliphatic carbocycles. The third-order valence-corrected chi connectivity index (χ3v) is 3.42. The number of rotatable bonds is 3. The molecule has 1 atom stereocenters. The van der Waals surface area contributed by atoms with Crippen LogP contribution in [0.5, 0.6) is 5.75 Å². The van der Waals surface area contributed by atoms with E-state index in [2.05, 4.69) is 0 Å². The van der Waals surface area contributed by atoms with Gasteiger partial charge in [-0.2, -0.15) is 0 Å². The molecule has 0 radical (unpaired) electrons. The van der Waals surface area contributed by atoms with Gasteiger partial charge in [-0.25, -0.2) is 8.78 Å². The lowest BCUT2D eigenvalue weighted by Crippen LogP contribution is -2.14. The van der Waals surface area contributed by atoms with Crippen LogP contribution in [-0.2, 0) is 6.42 Å². The van der Waals surface area contributed by atoms with E-state index in [0.29, 0.717) is 16.3 Å². The maximum atomic E-state index is 13.1. The summed E-state index contributed by atoms with van der Waals surface area (Å²) in [6.45, 7) is -0.295. The van der Waals surface area contributed by atoms with E-state index < -0.39 is 6.10 Å². The van der Waals surface area contributed by atoms with Crippen molar-refractivity contribution in [2.45, 2.75) is 12.5 Å². The SMILES string of the molecule is OCC(O)Cc1cccc(F)c1.Oc1ccc(F)c2ccccc12. The molecule has 3 N–H and O–H groups in total. The Hall–Kier alpha value is -2.50. The topological polar surface area (TPSA) is 60.7 Å². The van der Waals surface area contributed by atoms with Gasteiger partial charge in [-0.15, -0.1) is 0 Å². The van der Waals surface area contributed by atoms with Gasteiger partial charge in [0.1, 0.15) is 17.4 Å². The minimum Gasteiger partial charge on any atom is -0.507 e. The van der Waals surface area contributed by atoms with E-state index in [1.165, 1.54) is 24.3 Å². The average molecular weight is 332 g/mol. The Labute approximate surface area is 138 Å². The fourth-order valence-corrected chi connectivity index (χ4v) is 2.25. The number of halogens is 2. The second kappa shape index (κ2) is 8.38. The van der Waals surface area contributed by atoms with Gasteiger partial charge in [0.15, 0.2) is 0 Å². The van der Waals surface area contributed by atoms with Crippen LogP contribution < -0.4 is 0 Å². The summed E-state index contributed by atoms with van der Waals surface area (Å²) in [5.41, 5.74) is 0.691. The number of hydrogen-bond donors (Lipinski definition) is 3. The van der Waals surface area contributed by atoms with Gasteiger partial charge in [0.05, 0.1) is 12.7 Å². The number of aliphatic hydroxyl groups is 2. The number of aliphatic hydroxyl groups excluding tert-OH is 2. The lowest BCUT2D eigenvalue weighted by molar-refractivity contribution is 0.0954. The fourth-order valence-electron chi connectivity index (χ4n) is 2.25. The van der Waals surface area contributed by atoms with Crippen molar-refractivity contribution in [1.82, 2.24) is 0 Å². The predicted octanol–water partition coefficient (Wildman–Crippen LogP) is 3.41. The number of fused-ring (bicyclic) bond motifs is 1. The fraction of sp³-hybridized carbons (Fsp3) is 0.158.